The molecule has 0 unspecified atom stereocenters. The Bertz CT molecular complexity index is 539. The van der Waals surface area contributed by atoms with Crippen molar-refractivity contribution in [3.05, 3.63) is 0 Å². The van der Waals surface area contributed by atoms with Crippen LogP contribution < -0.4 is 10.6 Å². The van der Waals surface area contributed by atoms with Crippen LogP contribution >= 0.6 is 0 Å². The minimum atomic E-state index is -0.739. The molecule has 1 saturated carbocycles. The van der Waals surface area contributed by atoms with E-state index in [1.807, 2.05) is 0 Å². The fraction of sp³-hybridized carbons (Fsp3) is 0.920. The predicted octanol–water partition coefficient (Wildman–Crippen LogP) is 5.92. The summed E-state index contributed by atoms with van der Waals surface area (Å²) in [5, 5.41) is 6.62. The summed E-state index contributed by atoms with van der Waals surface area (Å²) in [6, 6.07) is -0.206. The van der Waals surface area contributed by atoms with E-state index in [4.69, 9.17) is 0 Å². The van der Waals surface area contributed by atoms with Gasteiger partial charge in [0.15, 0.2) is 0 Å². The molecule has 2 saturated heterocycles. The second-order valence-corrected chi connectivity index (χ2v) is 11.1. The molecule has 3 aliphatic rings. The van der Waals surface area contributed by atoms with Gasteiger partial charge in [-0.15, -0.1) is 0 Å². The summed E-state index contributed by atoms with van der Waals surface area (Å²) in [6.45, 7) is 11.2. The van der Waals surface area contributed by atoms with Gasteiger partial charge in [-0.1, -0.05) is 77.6 Å². The number of amides is 3. The molecule has 0 radical (unpaired) electrons. The van der Waals surface area contributed by atoms with Crippen molar-refractivity contribution in [1.29, 1.82) is 0 Å². The highest BCUT2D eigenvalue weighted by atomic mass is 16.2. The van der Waals surface area contributed by atoms with Gasteiger partial charge in [0.1, 0.15) is 5.54 Å². The zero-order valence-corrected chi connectivity index (χ0v) is 20.4. The maximum atomic E-state index is 13.0. The maximum Gasteiger partial charge on any atom is 0.325 e. The number of urea groups is 1. The van der Waals surface area contributed by atoms with E-state index in [0.717, 1.165) is 12.8 Å². The normalized spacial score (nSPS) is 24.4. The smallest absolute Gasteiger partial charge is 0.323 e. The molecule has 2 heterocycles. The molecule has 2 N–H and O–H groups in total. The van der Waals surface area contributed by atoms with Crippen molar-refractivity contribution < 1.29 is 9.59 Å². The Morgan fingerprint density at radius 1 is 0.767 bits per heavy atom. The van der Waals surface area contributed by atoms with E-state index in [1.54, 1.807) is 0 Å². The lowest BCUT2D eigenvalue weighted by Crippen LogP contribution is -2.68. The van der Waals surface area contributed by atoms with E-state index in [0.29, 0.717) is 19.4 Å². The molecule has 174 valence electrons. The van der Waals surface area contributed by atoms with E-state index in [-0.39, 0.29) is 23.0 Å². The number of hydrogen-bond acceptors (Lipinski definition) is 3. The number of nitrogens with zero attached hydrogens (tertiary/aromatic N) is 1. The Morgan fingerprint density at radius 2 is 1.23 bits per heavy atom. The standard InChI is InChI=1S/C19H35N3O2.C6H12/c1-6-7-8-9-10-11-12-22-15(23)19(20-16(22)24)13-17(2,3)21-18(4,5)14-19;1-2-4-6-5-3-1/h21H,6-14H2,1-5H3,(H,20,24);1-6H2. The molecule has 5 nitrogen and oxygen atoms in total. The summed E-state index contributed by atoms with van der Waals surface area (Å²) in [4.78, 5) is 26.9. The molecule has 0 atom stereocenters. The zero-order valence-electron chi connectivity index (χ0n) is 20.4. The Kier molecular flexibility index (Phi) is 9.20. The van der Waals surface area contributed by atoms with E-state index >= 15 is 0 Å². The minimum Gasteiger partial charge on any atom is -0.323 e. The topological polar surface area (TPSA) is 61.4 Å². The number of piperidine rings is 1. The summed E-state index contributed by atoms with van der Waals surface area (Å²) >= 11 is 0. The molecule has 0 aromatic rings. The van der Waals surface area contributed by atoms with Gasteiger partial charge in [-0.2, -0.15) is 0 Å². The van der Waals surface area contributed by atoms with Crippen LogP contribution in [0.3, 0.4) is 0 Å². The fourth-order valence-corrected chi connectivity index (χ4v) is 5.81. The van der Waals surface area contributed by atoms with Crippen molar-refractivity contribution in [2.45, 2.75) is 141 Å². The van der Waals surface area contributed by atoms with Crippen LogP contribution in [0.5, 0.6) is 0 Å². The molecular weight excluding hydrogens is 374 g/mol. The van der Waals surface area contributed by atoms with Gasteiger partial charge in [0.2, 0.25) is 0 Å². The molecule has 0 aromatic heterocycles. The first-order valence-corrected chi connectivity index (χ1v) is 12.5. The number of hydrogen-bond donors (Lipinski definition) is 2. The lowest BCUT2D eigenvalue weighted by molar-refractivity contribution is -0.134. The van der Waals surface area contributed by atoms with Crippen molar-refractivity contribution in [2.75, 3.05) is 6.54 Å². The van der Waals surface area contributed by atoms with Gasteiger partial charge in [0.05, 0.1) is 0 Å². The van der Waals surface area contributed by atoms with Gasteiger partial charge in [-0.25, -0.2) is 4.79 Å². The Balaban J connectivity index is 0.000000456. The lowest BCUT2D eigenvalue weighted by atomic mass is 9.71. The second kappa shape index (κ2) is 11.0. The maximum absolute atomic E-state index is 13.0. The van der Waals surface area contributed by atoms with Crippen molar-refractivity contribution in [1.82, 2.24) is 15.5 Å². The molecule has 3 amide bonds. The molecule has 1 aliphatic carbocycles. The summed E-state index contributed by atoms with van der Waals surface area (Å²) in [5.74, 6) is -0.0243. The van der Waals surface area contributed by atoms with E-state index in [1.165, 1.54) is 69.1 Å². The van der Waals surface area contributed by atoms with Crippen LogP contribution in [-0.4, -0.2) is 40.0 Å². The van der Waals surface area contributed by atoms with Crippen LogP contribution in [-0.2, 0) is 4.79 Å². The van der Waals surface area contributed by atoms with Gasteiger partial charge in [-0.3, -0.25) is 9.69 Å². The number of imide groups is 1. The lowest BCUT2D eigenvalue weighted by Gasteiger charge is -2.50. The molecular formula is C25H47N3O2. The van der Waals surface area contributed by atoms with Crippen LogP contribution in [0.2, 0.25) is 0 Å². The van der Waals surface area contributed by atoms with Gasteiger partial charge in [0.25, 0.3) is 5.91 Å². The number of carbonyl (C=O) groups is 2. The average Bonchev–Trinajstić information content (AvgIpc) is 2.86. The fourth-order valence-electron chi connectivity index (χ4n) is 5.81. The third-order valence-corrected chi connectivity index (χ3v) is 6.65. The first-order valence-electron chi connectivity index (χ1n) is 12.5. The highest BCUT2D eigenvalue weighted by Gasteiger charge is 2.58. The third kappa shape index (κ3) is 7.25. The van der Waals surface area contributed by atoms with E-state index in [9.17, 15) is 9.59 Å². The van der Waals surface area contributed by atoms with Crippen LogP contribution in [0, 0.1) is 0 Å². The van der Waals surface area contributed by atoms with Crippen LogP contribution in [0.25, 0.3) is 0 Å². The number of carbonyl (C=O) groups excluding carboxylic acids is 2. The van der Waals surface area contributed by atoms with Crippen molar-refractivity contribution >= 4 is 11.9 Å². The Morgan fingerprint density at radius 3 is 1.73 bits per heavy atom. The molecule has 1 spiro atoms. The summed E-state index contributed by atoms with van der Waals surface area (Å²) < 4.78 is 0. The van der Waals surface area contributed by atoms with Gasteiger partial charge in [0, 0.05) is 17.6 Å². The summed E-state index contributed by atoms with van der Waals surface area (Å²) in [5.41, 5.74) is -1.10. The predicted molar refractivity (Wildman–Crippen MR) is 125 cm³/mol. The Labute approximate surface area is 185 Å². The van der Waals surface area contributed by atoms with E-state index in [2.05, 4.69) is 45.3 Å². The van der Waals surface area contributed by atoms with Gasteiger partial charge in [-0.05, 0) is 47.0 Å². The van der Waals surface area contributed by atoms with Crippen LogP contribution in [0.1, 0.15) is 125 Å². The number of nitrogens with one attached hydrogen (secondary N) is 2. The van der Waals surface area contributed by atoms with Crippen LogP contribution in [0.15, 0.2) is 0 Å². The number of rotatable bonds is 7. The highest BCUT2D eigenvalue weighted by molar-refractivity contribution is 6.07. The first kappa shape index (κ1) is 25.2. The van der Waals surface area contributed by atoms with Crippen molar-refractivity contribution in [2.24, 2.45) is 0 Å². The molecule has 0 bridgehead atoms. The van der Waals surface area contributed by atoms with E-state index < -0.39 is 5.54 Å². The summed E-state index contributed by atoms with van der Waals surface area (Å²) in [7, 11) is 0. The third-order valence-electron chi connectivity index (χ3n) is 6.65. The summed E-state index contributed by atoms with van der Waals surface area (Å²) in [6.07, 6.45) is 17.2. The Hall–Kier alpha value is -1.10. The molecule has 5 heteroatoms. The second-order valence-electron chi connectivity index (χ2n) is 11.1. The number of unbranched alkanes of at least 4 members (excludes halogenated alkanes) is 5. The molecule has 3 fully saturated rings. The van der Waals surface area contributed by atoms with Crippen molar-refractivity contribution in [3.63, 3.8) is 0 Å². The van der Waals surface area contributed by atoms with Crippen LogP contribution in [0.4, 0.5) is 4.79 Å². The molecule has 30 heavy (non-hydrogen) atoms. The highest BCUT2D eigenvalue weighted by Crippen LogP contribution is 2.39. The minimum absolute atomic E-state index is 0.0243. The quantitative estimate of drug-likeness (QED) is 0.396. The average molecular weight is 422 g/mol. The van der Waals surface area contributed by atoms with Gasteiger partial charge >= 0.3 is 6.03 Å². The van der Waals surface area contributed by atoms with Crippen molar-refractivity contribution in [3.8, 4) is 0 Å². The molecule has 2 aliphatic heterocycles. The van der Waals surface area contributed by atoms with Gasteiger partial charge < -0.3 is 10.6 Å². The zero-order chi connectivity index (χ0) is 22.3. The first-order chi connectivity index (χ1) is 14.1. The molecule has 0 aromatic carbocycles. The monoisotopic (exact) mass is 421 g/mol. The SMILES string of the molecule is C1CCCCC1.CCCCCCCCN1C(=O)NC2(CC(C)(C)NC(C)(C)C2)C1=O. The molecule has 3 rings (SSSR count). The largest absolute Gasteiger partial charge is 0.325 e.